The van der Waals surface area contributed by atoms with E-state index in [-0.39, 0.29) is 0 Å². The van der Waals surface area contributed by atoms with E-state index >= 15 is 0 Å². The highest BCUT2D eigenvalue weighted by molar-refractivity contribution is 5.96. The fourth-order valence-electron chi connectivity index (χ4n) is 2.45. The highest BCUT2D eigenvalue weighted by atomic mass is 19.2. The summed E-state index contributed by atoms with van der Waals surface area (Å²) in [5, 5.41) is 1.78. The molecule has 1 aromatic rings. The van der Waals surface area contributed by atoms with Crippen molar-refractivity contribution in [3.8, 4) is 0 Å². The maximum atomic E-state index is 13.5. The number of amides is 1. The van der Waals surface area contributed by atoms with E-state index in [1.165, 1.54) is 6.92 Å². The Morgan fingerprint density at radius 1 is 1.10 bits per heavy atom. The topological polar surface area (TPSA) is 55.1 Å². The molecule has 0 heterocycles. The van der Waals surface area contributed by atoms with Gasteiger partial charge in [0, 0.05) is 6.04 Å². The molecule has 0 radical (unpaired) electrons. The minimum absolute atomic E-state index is 0.370. The van der Waals surface area contributed by atoms with Crippen LogP contribution in [-0.2, 0) is 4.79 Å². The average Bonchev–Trinajstić information content (AvgIpc) is 2.80. The molecule has 2 unspecified atom stereocenters. The van der Waals surface area contributed by atoms with Crippen LogP contribution < -0.4 is 11.1 Å². The first kappa shape index (κ1) is 15.7. The third-order valence-electron chi connectivity index (χ3n) is 4.00. The van der Waals surface area contributed by atoms with Gasteiger partial charge < -0.3 is 11.1 Å². The molecule has 2 rings (SSSR count). The van der Waals surface area contributed by atoms with Crippen LogP contribution in [0.5, 0.6) is 0 Å². The zero-order valence-corrected chi connectivity index (χ0v) is 11.1. The van der Waals surface area contributed by atoms with Crippen molar-refractivity contribution in [1.29, 1.82) is 0 Å². The zero-order chi connectivity index (χ0) is 15.9. The summed E-state index contributed by atoms with van der Waals surface area (Å²) in [6.45, 7) is 1.49. The van der Waals surface area contributed by atoms with E-state index in [0.717, 1.165) is 0 Å². The Kier molecular flexibility index (Phi) is 3.92. The van der Waals surface area contributed by atoms with Gasteiger partial charge in [-0.15, -0.1) is 0 Å². The molecule has 8 heteroatoms. The Hall–Kier alpha value is -1.70. The summed E-state index contributed by atoms with van der Waals surface area (Å²) in [6.07, 6.45) is 1.55. The molecule has 1 amide bonds. The third-order valence-corrected chi connectivity index (χ3v) is 4.00. The van der Waals surface area contributed by atoms with E-state index in [0.29, 0.717) is 19.3 Å². The number of carbonyl (C=O) groups is 1. The van der Waals surface area contributed by atoms with Crippen molar-refractivity contribution in [2.45, 2.75) is 32.2 Å². The van der Waals surface area contributed by atoms with Gasteiger partial charge in [0.2, 0.25) is 11.7 Å². The Morgan fingerprint density at radius 3 is 2.00 bits per heavy atom. The van der Waals surface area contributed by atoms with Crippen molar-refractivity contribution < 1.29 is 26.7 Å². The second-order valence-electron chi connectivity index (χ2n) is 5.32. The number of halogens is 5. The molecule has 0 spiro atoms. The van der Waals surface area contributed by atoms with Gasteiger partial charge in [-0.25, -0.2) is 22.0 Å². The molecule has 3 nitrogen and oxygen atoms in total. The minimum Gasteiger partial charge on any atom is -0.327 e. The summed E-state index contributed by atoms with van der Waals surface area (Å²) in [4.78, 5) is 12.1. The highest BCUT2D eigenvalue weighted by Gasteiger charge is 2.43. The van der Waals surface area contributed by atoms with Crippen molar-refractivity contribution in [2.24, 2.45) is 11.1 Å². The summed E-state index contributed by atoms with van der Waals surface area (Å²) < 4.78 is 66.1. The van der Waals surface area contributed by atoms with Gasteiger partial charge in [0.25, 0.3) is 0 Å². The van der Waals surface area contributed by atoms with Gasteiger partial charge in [0.1, 0.15) is 5.69 Å². The summed E-state index contributed by atoms with van der Waals surface area (Å²) in [5.74, 6) is -11.5. The molecule has 3 N–H and O–H groups in total. The molecule has 21 heavy (non-hydrogen) atoms. The normalized spacial score (nSPS) is 25.2. The quantitative estimate of drug-likeness (QED) is 0.501. The fraction of sp³-hybridized carbons (Fsp3) is 0.462. The Bertz CT molecular complexity index is 578. The SMILES string of the molecule is CC1(C(=O)Nc2c(F)c(F)c(F)c(F)c2F)CCCC1N. The summed E-state index contributed by atoms with van der Waals surface area (Å²) in [7, 11) is 0. The van der Waals surface area contributed by atoms with Crippen LogP contribution in [0.3, 0.4) is 0 Å². The van der Waals surface area contributed by atoms with Crippen LogP contribution in [0.4, 0.5) is 27.6 Å². The Balaban J connectivity index is 2.39. The standard InChI is InChI=1S/C13H13F5N2O/c1-13(4-2-3-5(13)19)12(21)20-11-9(17)7(15)6(14)8(16)10(11)18/h5H,2-4,19H2,1H3,(H,20,21). The Labute approximate surface area is 117 Å². The first-order valence-corrected chi connectivity index (χ1v) is 6.28. The van der Waals surface area contributed by atoms with E-state index in [1.807, 2.05) is 0 Å². The molecule has 0 aliphatic heterocycles. The first-order chi connectivity index (χ1) is 9.70. The molecular formula is C13H13F5N2O. The van der Waals surface area contributed by atoms with Gasteiger partial charge >= 0.3 is 0 Å². The molecule has 0 bridgehead atoms. The van der Waals surface area contributed by atoms with Gasteiger partial charge in [-0.2, -0.15) is 0 Å². The number of nitrogens with one attached hydrogen (secondary N) is 1. The number of carbonyl (C=O) groups excluding carboxylic acids is 1. The summed E-state index contributed by atoms with van der Waals surface area (Å²) in [5.41, 5.74) is 3.31. The number of rotatable bonds is 2. The monoisotopic (exact) mass is 308 g/mol. The number of benzene rings is 1. The predicted molar refractivity (Wildman–Crippen MR) is 64.8 cm³/mol. The molecule has 0 aromatic heterocycles. The van der Waals surface area contributed by atoms with E-state index in [4.69, 9.17) is 5.73 Å². The smallest absolute Gasteiger partial charge is 0.232 e. The molecule has 1 aliphatic carbocycles. The lowest BCUT2D eigenvalue weighted by atomic mass is 9.84. The molecule has 1 fully saturated rings. The van der Waals surface area contributed by atoms with E-state index < -0.39 is 52.1 Å². The highest BCUT2D eigenvalue weighted by Crippen LogP contribution is 2.38. The van der Waals surface area contributed by atoms with Crippen LogP contribution in [0, 0.1) is 34.5 Å². The minimum atomic E-state index is -2.27. The van der Waals surface area contributed by atoms with E-state index in [2.05, 4.69) is 0 Å². The maximum Gasteiger partial charge on any atom is 0.232 e. The second-order valence-corrected chi connectivity index (χ2v) is 5.32. The molecule has 1 aromatic carbocycles. The number of hydrogen-bond donors (Lipinski definition) is 2. The molecule has 1 aliphatic rings. The lowest BCUT2D eigenvalue weighted by Gasteiger charge is -2.27. The van der Waals surface area contributed by atoms with Crippen molar-refractivity contribution in [1.82, 2.24) is 0 Å². The molecular weight excluding hydrogens is 295 g/mol. The fourth-order valence-corrected chi connectivity index (χ4v) is 2.45. The van der Waals surface area contributed by atoms with Crippen LogP contribution >= 0.6 is 0 Å². The molecule has 2 atom stereocenters. The van der Waals surface area contributed by atoms with E-state index in [9.17, 15) is 26.7 Å². The van der Waals surface area contributed by atoms with Crippen LogP contribution in [0.1, 0.15) is 26.2 Å². The summed E-state index contributed by atoms with van der Waals surface area (Å²) in [6, 6.07) is -0.543. The van der Waals surface area contributed by atoms with Gasteiger partial charge in [-0.1, -0.05) is 6.42 Å². The van der Waals surface area contributed by atoms with Crippen LogP contribution in [0.25, 0.3) is 0 Å². The van der Waals surface area contributed by atoms with Crippen LogP contribution in [0.2, 0.25) is 0 Å². The lowest BCUT2D eigenvalue weighted by molar-refractivity contribution is -0.125. The van der Waals surface area contributed by atoms with Crippen molar-refractivity contribution >= 4 is 11.6 Å². The predicted octanol–water partition coefficient (Wildman–Crippen LogP) is 2.84. The number of hydrogen-bond acceptors (Lipinski definition) is 2. The first-order valence-electron chi connectivity index (χ1n) is 6.28. The summed E-state index contributed by atoms with van der Waals surface area (Å²) >= 11 is 0. The van der Waals surface area contributed by atoms with Gasteiger partial charge in [0.15, 0.2) is 23.3 Å². The lowest BCUT2D eigenvalue weighted by Crippen LogP contribution is -2.44. The van der Waals surface area contributed by atoms with Crippen LogP contribution in [0.15, 0.2) is 0 Å². The van der Waals surface area contributed by atoms with Gasteiger partial charge in [-0.3, -0.25) is 4.79 Å². The van der Waals surface area contributed by atoms with Crippen molar-refractivity contribution in [2.75, 3.05) is 5.32 Å². The van der Waals surface area contributed by atoms with Gasteiger partial charge in [0.05, 0.1) is 5.41 Å². The molecule has 116 valence electrons. The molecule has 0 saturated heterocycles. The molecule has 1 saturated carbocycles. The van der Waals surface area contributed by atoms with Crippen LogP contribution in [-0.4, -0.2) is 11.9 Å². The zero-order valence-electron chi connectivity index (χ0n) is 11.1. The Morgan fingerprint density at radius 2 is 1.57 bits per heavy atom. The van der Waals surface area contributed by atoms with Crippen molar-refractivity contribution in [3.05, 3.63) is 29.1 Å². The van der Waals surface area contributed by atoms with E-state index in [1.54, 1.807) is 5.32 Å². The van der Waals surface area contributed by atoms with Gasteiger partial charge in [-0.05, 0) is 19.8 Å². The largest absolute Gasteiger partial charge is 0.327 e. The number of nitrogens with two attached hydrogens (primary N) is 1. The maximum absolute atomic E-state index is 13.5. The number of anilines is 1. The second kappa shape index (κ2) is 5.25. The van der Waals surface area contributed by atoms with Crippen molar-refractivity contribution in [3.63, 3.8) is 0 Å². The third kappa shape index (κ3) is 2.37. The average molecular weight is 308 g/mol.